The molecule has 0 radical (unpaired) electrons. The molecule has 162 valence electrons. The average molecular weight is 413 g/mol. The molecule has 2 aromatic carbocycles. The van der Waals surface area contributed by atoms with Gasteiger partial charge < -0.3 is 10.2 Å². The van der Waals surface area contributed by atoms with Crippen LogP contribution in [-0.2, 0) is 22.6 Å². The lowest BCUT2D eigenvalue weighted by Gasteiger charge is -2.31. The number of carbonyl (C=O) groups excluding carboxylic acids is 2. The number of nitrogens with zero attached hydrogens (tertiary/aromatic N) is 1. The molecule has 0 aliphatic carbocycles. The van der Waals surface area contributed by atoms with Crippen LogP contribution in [0, 0.1) is 19.7 Å². The number of amides is 2. The van der Waals surface area contributed by atoms with Crippen LogP contribution >= 0.6 is 0 Å². The van der Waals surface area contributed by atoms with Crippen molar-refractivity contribution in [3.63, 3.8) is 0 Å². The molecule has 4 nitrogen and oxygen atoms in total. The van der Waals surface area contributed by atoms with Gasteiger partial charge in [0.05, 0.1) is 6.42 Å². The first-order chi connectivity index (χ1) is 14.2. The largest absolute Gasteiger partial charge is 0.352 e. The van der Waals surface area contributed by atoms with E-state index in [1.165, 1.54) is 17.7 Å². The number of hydrogen-bond acceptors (Lipinski definition) is 2. The lowest BCUT2D eigenvalue weighted by Crippen LogP contribution is -2.51. The third-order valence-corrected chi connectivity index (χ3v) is 5.58. The Morgan fingerprint density at radius 2 is 1.60 bits per heavy atom. The number of rotatable bonds is 9. The third-order valence-electron chi connectivity index (χ3n) is 5.58. The van der Waals surface area contributed by atoms with E-state index in [9.17, 15) is 14.0 Å². The molecular weight excluding hydrogens is 379 g/mol. The van der Waals surface area contributed by atoms with Crippen LogP contribution in [-0.4, -0.2) is 28.8 Å². The van der Waals surface area contributed by atoms with Gasteiger partial charge in [-0.1, -0.05) is 44.2 Å². The van der Waals surface area contributed by atoms with E-state index in [0.29, 0.717) is 6.42 Å². The number of halogens is 1. The number of benzene rings is 2. The van der Waals surface area contributed by atoms with Crippen molar-refractivity contribution in [2.24, 2.45) is 0 Å². The predicted molar refractivity (Wildman–Crippen MR) is 119 cm³/mol. The van der Waals surface area contributed by atoms with Gasteiger partial charge in [-0.15, -0.1) is 0 Å². The first-order valence-electron chi connectivity index (χ1n) is 10.7. The normalized spacial score (nSPS) is 12.9. The molecule has 2 rings (SSSR count). The monoisotopic (exact) mass is 412 g/mol. The minimum absolute atomic E-state index is 0.0362. The Morgan fingerprint density at radius 1 is 0.967 bits per heavy atom. The topological polar surface area (TPSA) is 49.4 Å². The standard InChI is InChI=1S/C25H33FN2O2/c1-6-19(5)27-25(30)23(7-2)28(16-20-10-12-22(26)13-11-20)24(29)15-21-9-8-17(3)18(4)14-21/h8-14,19,23H,6-7,15-16H2,1-5H3,(H,27,30)/t19-,23-/m0/s1. The van der Waals surface area contributed by atoms with Crippen molar-refractivity contribution >= 4 is 11.8 Å². The molecule has 0 unspecified atom stereocenters. The molecule has 0 saturated heterocycles. The summed E-state index contributed by atoms with van der Waals surface area (Å²) in [5.74, 6) is -0.593. The highest BCUT2D eigenvalue weighted by atomic mass is 19.1. The summed E-state index contributed by atoms with van der Waals surface area (Å²) in [6.07, 6.45) is 1.54. The Kier molecular flexibility index (Phi) is 8.58. The highest BCUT2D eigenvalue weighted by Gasteiger charge is 2.29. The molecule has 2 amide bonds. The van der Waals surface area contributed by atoms with E-state index < -0.39 is 6.04 Å². The number of carbonyl (C=O) groups is 2. The summed E-state index contributed by atoms with van der Waals surface area (Å²) in [4.78, 5) is 27.9. The Bertz CT molecular complexity index is 864. The SMILES string of the molecule is CC[C@H](C)NC(=O)[C@H](CC)N(Cc1ccc(F)cc1)C(=O)Cc1ccc(C)c(C)c1. The van der Waals surface area contributed by atoms with Crippen molar-refractivity contribution in [3.8, 4) is 0 Å². The minimum Gasteiger partial charge on any atom is -0.352 e. The first kappa shape index (κ1) is 23.6. The molecule has 2 atom stereocenters. The quantitative estimate of drug-likeness (QED) is 0.649. The van der Waals surface area contributed by atoms with Crippen LogP contribution < -0.4 is 5.32 Å². The van der Waals surface area contributed by atoms with Crippen molar-refractivity contribution in [3.05, 3.63) is 70.5 Å². The maximum atomic E-state index is 13.3. The van der Waals surface area contributed by atoms with Gasteiger partial charge in [-0.25, -0.2) is 4.39 Å². The van der Waals surface area contributed by atoms with Gasteiger partial charge in [0.2, 0.25) is 11.8 Å². The molecule has 0 saturated carbocycles. The third kappa shape index (κ3) is 6.41. The fraction of sp³-hybridized carbons (Fsp3) is 0.440. The summed E-state index contributed by atoms with van der Waals surface area (Å²) in [6, 6.07) is 11.5. The Morgan fingerprint density at radius 3 is 2.17 bits per heavy atom. The van der Waals surface area contributed by atoms with Crippen LogP contribution in [0.5, 0.6) is 0 Å². The summed E-state index contributed by atoms with van der Waals surface area (Å²) >= 11 is 0. The molecule has 1 N–H and O–H groups in total. The molecule has 0 aromatic heterocycles. The molecule has 0 fully saturated rings. The van der Waals surface area contributed by atoms with E-state index in [2.05, 4.69) is 5.32 Å². The first-order valence-corrected chi connectivity index (χ1v) is 10.7. The highest BCUT2D eigenvalue weighted by molar-refractivity contribution is 5.88. The van der Waals surface area contributed by atoms with Crippen LogP contribution in [0.2, 0.25) is 0 Å². The summed E-state index contributed by atoms with van der Waals surface area (Å²) in [6.45, 7) is 10.2. The molecule has 0 heterocycles. The van der Waals surface area contributed by atoms with Crippen LogP contribution in [0.4, 0.5) is 4.39 Å². The Labute approximate surface area is 179 Å². The molecular formula is C25H33FN2O2. The number of aryl methyl sites for hydroxylation is 2. The van der Waals surface area contributed by atoms with E-state index in [0.717, 1.165) is 23.1 Å². The number of hydrogen-bond donors (Lipinski definition) is 1. The summed E-state index contributed by atoms with van der Waals surface area (Å²) in [7, 11) is 0. The predicted octanol–water partition coefficient (Wildman–Crippen LogP) is 4.71. The molecule has 5 heteroatoms. The minimum atomic E-state index is -0.580. The average Bonchev–Trinajstić information content (AvgIpc) is 2.71. The molecule has 0 aliphatic rings. The fourth-order valence-electron chi connectivity index (χ4n) is 3.34. The van der Waals surface area contributed by atoms with Gasteiger partial charge in [-0.05, 0) is 68.0 Å². The summed E-state index contributed by atoms with van der Waals surface area (Å²) in [5.41, 5.74) is 4.02. The smallest absolute Gasteiger partial charge is 0.243 e. The Balaban J connectivity index is 2.30. The van der Waals surface area contributed by atoms with Gasteiger partial charge in [0, 0.05) is 12.6 Å². The maximum Gasteiger partial charge on any atom is 0.243 e. The van der Waals surface area contributed by atoms with Gasteiger partial charge in [0.15, 0.2) is 0 Å². The van der Waals surface area contributed by atoms with Crippen molar-refractivity contribution < 1.29 is 14.0 Å². The molecule has 30 heavy (non-hydrogen) atoms. The molecule has 0 aliphatic heterocycles. The van der Waals surface area contributed by atoms with Gasteiger partial charge in [-0.3, -0.25) is 9.59 Å². The van der Waals surface area contributed by atoms with Crippen molar-refractivity contribution in [1.29, 1.82) is 0 Å². The second-order valence-corrected chi connectivity index (χ2v) is 7.99. The second kappa shape index (κ2) is 10.9. The zero-order chi connectivity index (χ0) is 22.3. The van der Waals surface area contributed by atoms with Crippen LogP contribution in [0.3, 0.4) is 0 Å². The van der Waals surface area contributed by atoms with Crippen molar-refractivity contribution in [2.75, 3.05) is 0 Å². The second-order valence-electron chi connectivity index (χ2n) is 7.99. The highest BCUT2D eigenvalue weighted by Crippen LogP contribution is 2.17. The maximum absolute atomic E-state index is 13.3. The van der Waals surface area contributed by atoms with E-state index in [1.54, 1.807) is 17.0 Å². The Hall–Kier alpha value is -2.69. The zero-order valence-corrected chi connectivity index (χ0v) is 18.7. The van der Waals surface area contributed by atoms with Gasteiger partial charge in [0.25, 0.3) is 0 Å². The molecule has 2 aromatic rings. The van der Waals surface area contributed by atoms with E-state index in [1.807, 2.05) is 52.8 Å². The summed E-state index contributed by atoms with van der Waals surface area (Å²) in [5, 5.41) is 3.00. The van der Waals surface area contributed by atoms with E-state index in [-0.39, 0.29) is 36.6 Å². The van der Waals surface area contributed by atoms with Crippen LogP contribution in [0.15, 0.2) is 42.5 Å². The lowest BCUT2D eigenvalue weighted by molar-refractivity contribution is -0.141. The zero-order valence-electron chi connectivity index (χ0n) is 18.7. The van der Waals surface area contributed by atoms with Crippen LogP contribution in [0.25, 0.3) is 0 Å². The van der Waals surface area contributed by atoms with Crippen molar-refractivity contribution in [1.82, 2.24) is 10.2 Å². The van der Waals surface area contributed by atoms with E-state index >= 15 is 0 Å². The molecule has 0 bridgehead atoms. The number of nitrogens with one attached hydrogen (secondary N) is 1. The van der Waals surface area contributed by atoms with Crippen LogP contribution in [0.1, 0.15) is 55.9 Å². The van der Waals surface area contributed by atoms with Gasteiger partial charge in [-0.2, -0.15) is 0 Å². The fourth-order valence-corrected chi connectivity index (χ4v) is 3.34. The lowest BCUT2D eigenvalue weighted by atomic mass is 10.0. The van der Waals surface area contributed by atoms with Gasteiger partial charge in [0.1, 0.15) is 11.9 Å². The summed E-state index contributed by atoms with van der Waals surface area (Å²) < 4.78 is 13.3. The van der Waals surface area contributed by atoms with E-state index in [4.69, 9.17) is 0 Å². The van der Waals surface area contributed by atoms with Gasteiger partial charge >= 0.3 is 0 Å². The van der Waals surface area contributed by atoms with Crippen molar-refractivity contribution in [2.45, 2.75) is 72.5 Å². The molecule has 0 spiro atoms.